The quantitative estimate of drug-likeness (QED) is 0.682. The number of aromatic nitrogens is 2. The third-order valence-corrected chi connectivity index (χ3v) is 2.89. The Morgan fingerprint density at radius 2 is 1.71 bits per heavy atom. The predicted octanol–water partition coefficient (Wildman–Crippen LogP) is 2.56. The van der Waals surface area contributed by atoms with E-state index in [4.69, 9.17) is 11.6 Å². The molecule has 0 aliphatic carbocycles. The van der Waals surface area contributed by atoms with E-state index in [-0.39, 0.29) is 15.7 Å². The van der Waals surface area contributed by atoms with Crippen molar-refractivity contribution in [3.05, 3.63) is 56.1 Å². The Morgan fingerprint density at radius 1 is 1.14 bits per heavy atom. The average Bonchev–Trinajstić information content (AvgIpc) is 2.35. The van der Waals surface area contributed by atoms with E-state index in [1.807, 2.05) is 4.98 Å². The maximum atomic E-state index is 12.8. The molecule has 1 heterocycles. The van der Waals surface area contributed by atoms with Crippen LogP contribution in [0, 0.1) is 5.82 Å². The minimum Gasteiger partial charge on any atom is -0.297 e. The van der Waals surface area contributed by atoms with Gasteiger partial charge in [0.2, 0.25) is 0 Å². The number of nitrogens with zero attached hydrogens (tertiary/aromatic N) is 1. The van der Waals surface area contributed by atoms with Gasteiger partial charge in [-0.05, 0) is 17.7 Å². The molecule has 4 nitrogen and oxygen atoms in total. The van der Waals surface area contributed by atoms with E-state index < -0.39 is 34.9 Å². The molecule has 0 bridgehead atoms. The smallest absolute Gasteiger partial charge is 0.297 e. The number of rotatable bonds is 2. The molecule has 2 aromatic rings. The second-order valence-electron chi connectivity index (χ2n) is 4.13. The lowest BCUT2D eigenvalue weighted by atomic mass is 10.1. The third kappa shape index (κ3) is 3.33. The Balaban J connectivity index is 2.67. The van der Waals surface area contributed by atoms with Gasteiger partial charge >= 0.3 is 11.9 Å². The van der Waals surface area contributed by atoms with Crippen LogP contribution in [0.1, 0.15) is 0 Å². The van der Waals surface area contributed by atoms with Gasteiger partial charge in [0, 0.05) is 0 Å². The molecule has 0 radical (unpaired) electrons. The maximum absolute atomic E-state index is 12.8. The summed E-state index contributed by atoms with van der Waals surface area (Å²) in [4.78, 5) is 25.4. The molecule has 0 fully saturated rings. The first-order valence-electron chi connectivity index (χ1n) is 5.54. The van der Waals surface area contributed by atoms with Crippen molar-refractivity contribution in [2.75, 3.05) is 0 Å². The van der Waals surface area contributed by atoms with Crippen molar-refractivity contribution in [1.82, 2.24) is 9.55 Å². The van der Waals surface area contributed by atoms with E-state index in [1.165, 1.54) is 12.1 Å². The number of hydrogen-bond donors (Lipinski definition) is 1. The zero-order valence-electron chi connectivity index (χ0n) is 10.2. The molecule has 21 heavy (non-hydrogen) atoms. The first-order valence-corrected chi connectivity index (χ1v) is 5.92. The van der Waals surface area contributed by atoms with Crippen LogP contribution in [0.3, 0.4) is 0 Å². The number of nitrogens with one attached hydrogen (secondary N) is 1. The lowest BCUT2D eigenvalue weighted by molar-refractivity contribution is -0.141. The van der Waals surface area contributed by atoms with Gasteiger partial charge in [-0.2, -0.15) is 13.2 Å². The molecule has 1 N–H and O–H groups in total. The monoisotopic (exact) mass is 322 g/mol. The zero-order valence-corrected chi connectivity index (χ0v) is 10.9. The molecule has 0 saturated carbocycles. The minimum atomic E-state index is -4.75. The summed E-state index contributed by atoms with van der Waals surface area (Å²) in [5.74, 6) is -0.588. The van der Waals surface area contributed by atoms with Gasteiger partial charge < -0.3 is 0 Å². The van der Waals surface area contributed by atoms with E-state index >= 15 is 0 Å². The number of alkyl halides is 3. The van der Waals surface area contributed by atoms with Gasteiger partial charge in [0.1, 0.15) is 17.5 Å². The summed E-state index contributed by atoms with van der Waals surface area (Å²) < 4.78 is 50.0. The highest BCUT2D eigenvalue weighted by Gasteiger charge is 2.30. The van der Waals surface area contributed by atoms with Crippen molar-refractivity contribution in [2.24, 2.45) is 0 Å². The largest absolute Gasteiger partial charge is 0.406 e. The topological polar surface area (TPSA) is 54.9 Å². The van der Waals surface area contributed by atoms with E-state index in [2.05, 4.69) is 0 Å². The predicted molar refractivity (Wildman–Crippen MR) is 67.8 cm³/mol. The summed E-state index contributed by atoms with van der Waals surface area (Å²) in [6.45, 7) is -1.74. The molecule has 1 aromatic heterocycles. The van der Waals surface area contributed by atoms with Crippen molar-refractivity contribution >= 4 is 11.6 Å². The van der Waals surface area contributed by atoms with Crippen LogP contribution in [0.5, 0.6) is 0 Å². The van der Waals surface area contributed by atoms with Crippen LogP contribution in [-0.2, 0) is 6.54 Å². The molecule has 0 atom stereocenters. The van der Waals surface area contributed by atoms with Crippen LogP contribution in [0.15, 0.2) is 33.9 Å². The molecular formula is C12H7ClF4N2O2. The number of aromatic amines is 1. The summed E-state index contributed by atoms with van der Waals surface area (Å²) in [6.07, 6.45) is -4.75. The second kappa shape index (κ2) is 5.36. The van der Waals surface area contributed by atoms with Crippen LogP contribution in [0.25, 0.3) is 11.1 Å². The highest BCUT2D eigenvalue weighted by atomic mass is 35.5. The molecule has 0 aliphatic heterocycles. The van der Waals surface area contributed by atoms with Crippen molar-refractivity contribution < 1.29 is 17.6 Å². The standard InChI is InChI=1S/C12H7ClF4N2O2/c13-9-8(6-1-3-7(14)4-2-6)10(20)19(11(21)18-9)5-12(15,16)17/h1-4H,5H2,(H,18,21). The Bertz CT molecular complexity index is 778. The molecule has 112 valence electrons. The fourth-order valence-corrected chi connectivity index (χ4v) is 2.01. The van der Waals surface area contributed by atoms with Crippen LogP contribution in [0.4, 0.5) is 17.6 Å². The van der Waals surface area contributed by atoms with Gasteiger partial charge in [-0.25, -0.2) is 9.18 Å². The Labute approximate surface area is 119 Å². The van der Waals surface area contributed by atoms with Gasteiger partial charge in [0.05, 0.1) is 5.56 Å². The number of halogens is 5. The summed E-state index contributed by atoms with van der Waals surface area (Å²) in [6, 6.07) is 4.39. The number of H-pyrrole nitrogens is 1. The summed E-state index contributed by atoms with van der Waals surface area (Å²) in [5, 5.41) is -0.407. The van der Waals surface area contributed by atoms with Crippen LogP contribution in [-0.4, -0.2) is 15.7 Å². The third-order valence-electron chi connectivity index (χ3n) is 2.61. The van der Waals surface area contributed by atoms with Crippen LogP contribution >= 0.6 is 11.6 Å². The zero-order chi connectivity index (χ0) is 15.8. The molecular weight excluding hydrogens is 316 g/mol. The SMILES string of the molecule is O=c1[nH]c(Cl)c(-c2ccc(F)cc2)c(=O)n1CC(F)(F)F. The highest BCUT2D eigenvalue weighted by molar-refractivity contribution is 6.32. The van der Waals surface area contributed by atoms with Crippen molar-refractivity contribution in [2.45, 2.75) is 12.7 Å². The number of benzene rings is 1. The van der Waals surface area contributed by atoms with Crippen LogP contribution in [0.2, 0.25) is 5.15 Å². The molecule has 1 aromatic carbocycles. The van der Waals surface area contributed by atoms with Crippen molar-refractivity contribution in [3.8, 4) is 11.1 Å². The van der Waals surface area contributed by atoms with Gasteiger partial charge in [-0.15, -0.1) is 0 Å². The van der Waals surface area contributed by atoms with Gasteiger partial charge in [0.25, 0.3) is 5.56 Å². The normalized spacial score (nSPS) is 11.7. The van der Waals surface area contributed by atoms with Crippen molar-refractivity contribution in [1.29, 1.82) is 0 Å². The van der Waals surface area contributed by atoms with Gasteiger partial charge in [-0.1, -0.05) is 23.7 Å². The lowest BCUT2D eigenvalue weighted by Gasteiger charge is -2.11. The second-order valence-corrected chi connectivity index (χ2v) is 4.51. The summed E-state index contributed by atoms with van der Waals surface area (Å²) in [5.41, 5.74) is -2.71. The molecule has 0 amide bonds. The molecule has 0 aliphatic rings. The first-order chi connectivity index (χ1) is 9.69. The Morgan fingerprint density at radius 3 is 2.24 bits per heavy atom. The molecule has 0 spiro atoms. The number of hydrogen-bond acceptors (Lipinski definition) is 2. The minimum absolute atomic E-state index is 0.00935. The fraction of sp³-hybridized carbons (Fsp3) is 0.167. The van der Waals surface area contributed by atoms with E-state index in [0.29, 0.717) is 0 Å². The molecule has 9 heteroatoms. The maximum Gasteiger partial charge on any atom is 0.406 e. The summed E-state index contributed by atoms with van der Waals surface area (Å²) in [7, 11) is 0. The fourth-order valence-electron chi connectivity index (χ4n) is 1.73. The van der Waals surface area contributed by atoms with Gasteiger partial charge in [-0.3, -0.25) is 14.3 Å². The Hall–Kier alpha value is -2.09. The first kappa shape index (κ1) is 15.3. The Kier molecular flexibility index (Phi) is 3.91. The van der Waals surface area contributed by atoms with E-state index in [1.54, 1.807) is 0 Å². The van der Waals surface area contributed by atoms with Crippen molar-refractivity contribution in [3.63, 3.8) is 0 Å². The molecule has 2 rings (SSSR count). The average molecular weight is 323 g/mol. The molecule has 0 saturated heterocycles. The van der Waals surface area contributed by atoms with Gasteiger partial charge in [0.15, 0.2) is 0 Å². The van der Waals surface area contributed by atoms with E-state index in [9.17, 15) is 27.2 Å². The molecule has 0 unspecified atom stereocenters. The van der Waals surface area contributed by atoms with E-state index in [0.717, 1.165) is 12.1 Å². The highest BCUT2D eigenvalue weighted by Crippen LogP contribution is 2.22. The lowest BCUT2D eigenvalue weighted by Crippen LogP contribution is -2.40. The van der Waals surface area contributed by atoms with Crippen LogP contribution < -0.4 is 11.2 Å². The summed E-state index contributed by atoms with van der Waals surface area (Å²) >= 11 is 5.71.